The molecule has 7 rings (SSSR count). The molecule has 192 valence electrons. The van der Waals surface area contributed by atoms with Gasteiger partial charge >= 0.3 is 0 Å². The average molecular weight is 493 g/mol. The molecule has 8 nitrogen and oxygen atoms in total. The van der Waals surface area contributed by atoms with E-state index in [0.717, 1.165) is 25.0 Å². The van der Waals surface area contributed by atoms with E-state index in [4.69, 9.17) is 9.26 Å². The van der Waals surface area contributed by atoms with Crippen LogP contribution in [0.5, 0.6) is 5.75 Å². The molecule has 2 aromatic rings. The highest BCUT2D eigenvalue weighted by atomic mass is 16.5. The first-order valence-corrected chi connectivity index (χ1v) is 13.3. The molecule has 0 radical (unpaired) electrons. The van der Waals surface area contributed by atoms with Crippen LogP contribution in [-0.2, 0) is 15.0 Å². The van der Waals surface area contributed by atoms with Gasteiger partial charge in [-0.2, -0.15) is 0 Å². The number of carbonyl (C=O) groups excluding carboxylic acids is 2. The summed E-state index contributed by atoms with van der Waals surface area (Å²) in [4.78, 5) is 30.7. The summed E-state index contributed by atoms with van der Waals surface area (Å²) in [5.41, 5.74) is 1.27. The summed E-state index contributed by atoms with van der Waals surface area (Å²) in [6.07, 6.45) is 6.75. The number of carbonyl (C=O) groups is 2. The Labute approximate surface area is 212 Å². The van der Waals surface area contributed by atoms with Gasteiger partial charge in [0.05, 0.1) is 19.1 Å². The summed E-state index contributed by atoms with van der Waals surface area (Å²) >= 11 is 0. The average Bonchev–Trinajstić information content (AvgIpc) is 3.27. The largest absolute Gasteiger partial charge is 0.497 e. The van der Waals surface area contributed by atoms with E-state index >= 15 is 0 Å². The molecule has 2 amide bonds. The van der Waals surface area contributed by atoms with Gasteiger partial charge in [-0.05, 0) is 80.4 Å². The van der Waals surface area contributed by atoms with E-state index in [1.165, 1.54) is 24.8 Å². The highest BCUT2D eigenvalue weighted by molar-refractivity contribution is 5.91. The summed E-state index contributed by atoms with van der Waals surface area (Å²) in [7, 11) is 1.71. The number of amides is 2. The van der Waals surface area contributed by atoms with Crippen LogP contribution in [0.25, 0.3) is 0 Å². The molecular formula is C28H36N4O4. The number of ether oxygens (including phenoxy) is 1. The van der Waals surface area contributed by atoms with Crippen LogP contribution in [0.4, 0.5) is 5.82 Å². The predicted molar refractivity (Wildman–Crippen MR) is 135 cm³/mol. The van der Waals surface area contributed by atoms with Crippen LogP contribution in [-0.4, -0.2) is 66.6 Å². The van der Waals surface area contributed by atoms with Crippen molar-refractivity contribution in [3.8, 4) is 5.75 Å². The maximum absolute atomic E-state index is 14.1. The first kappa shape index (κ1) is 23.5. The second kappa shape index (κ2) is 8.91. The zero-order chi connectivity index (χ0) is 24.9. The number of anilines is 1. The van der Waals surface area contributed by atoms with Crippen molar-refractivity contribution in [1.29, 1.82) is 0 Å². The monoisotopic (exact) mass is 492 g/mol. The second-order valence-corrected chi connectivity index (χ2v) is 11.7. The number of hydrogen-bond donors (Lipinski definition) is 1. The number of rotatable bonds is 6. The van der Waals surface area contributed by atoms with Crippen LogP contribution in [0.2, 0.25) is 0 Å². The molecule has 5 aliphatic rings. The first-order chi connectivity index (χ1) is 17.4. The summed E-state index contributed by atoms with van der Waals surface area (Å²) in [5, 5.41) is 6.61. The lowest BCUT2D eigenvalue weighted by atomic mass is 9.42. The van der Waals surface area contributed by atoms with Gasteiger partial charge in [-0.25, -0.2) is 0 Å². The van der Waals surface area contributed by atoms with Crippen LogP contribution < -0.4 is 10.1 Å². The molecule has 1 aromatic heterocycles. The molecule has 4 aliphatic carbocycles. The van der Waals surface area contributed by atoms with Gasteiger partial charge in [0.1, 0.15) is 11.5 Å². The highest BCUT2D eigenvalue weighted by Crippen LogP contribution is 2.66. The lowest BCUT2D eigenvalue weighted by Gasteiger charge is -2.62. The molecule has 1 aromatic carbocycles. The fourth-order valence-corrected chi connectivity index (χ4v) is 8.05. The fraction of sp³-hybridized carbons (Fsp3) is 0.607. The third-order valence-corrected chi connectivity index (χ3v) is 9.14. The van der Waals surface area contributed by atoms with Gasteiger partial charge in [0, 0.05) is 32.2 Å². The van der Waals surface area contributed by atoms with E-state index in [0.29, 0.717) is 62.0 Å². The molecule has 4 saturated carbocycles. The van der Waals surface area contributed by atoms with E-state index in [9.17, 15) is 9.59 Å². The number of piperazine rings is 1. The molecule has 2 unspecified atom stereocenters. The van der Waals surface area contributed by atoms with E-state index in [2.05, 4.69) is 44.5 Å². The Hall–Kier alpha value is -2.87. The van der Waals surface area contributed by atoms with Gasteiger partial charge in [0.25, 0.3) is 0 Å². The van der Waals surface area contributed by atoms with Crippen LogP contribution in [0.1, 0.15) is 49.8 Å². The lowest BCUT2D eigenvalue weighted by Crippen LogP contribution is -2.61. The van der Waals surface area contributed by atoms with E-state index in [-0.39, 0.29) is 16.7 Å². The number of hydrogen-bond acceptors (Lipinski definition) is 6. The van der Waals surface area contributed by atoms with Crippen molar-refractivity contribution in [2.45, 2.75) is 50.9 Å². The number of aryl methyl sites for hydroxylation is 1. The van der Waals surface area contributed by atoms with Crippen molar-refractivity contribution < 1.29 is 18.8 Å². The Bertz CT molecular complexity index is 1120. The molecule has 8 heteroatoms. The Morgan fingerprint density at radius 2 is 1.78 bits per heavy atom. The molecule has 1 aliphatic heterocycles. The Balaban J connectivity index is 1.11. The zero-order valence-corrected chi connectivity index (χ0v) is 21.3. The molecule has 1 N–H and O–H groups in total. The summed E-state index contributed by atoms with van der Waals surface area (Å²) in [6.45, 7) is 4.88. The van der Waals surface area contributed by atoms with Crippen molar-refractivity contribution >= 4 is 17.6 Å². The van der Waals surface area contributed by atoms with Gasteiger partial charge in [0.2, 0.25) is 11.8 Å². The van der Waals surface area contributed by atoms with Gasteiger partial charge < -0.3 is 19.5 Å². The van der Waals surface area contributed by atoms with Crippen LogP contribution in [0, 0.1) is 24.2 Å². The number of nitrogens with one attached hydrogen (secondary N) is 1. The SMILES string of the molecule is COc1ccc(C23CC4CC(CC(C(=O)N5CCN(CC(=O)Nc6cc(C)on6)CC5)(C4)C2)C3)cc1. The normalized spacial score (nSPS) is 31.4. The Morgan fingerprint density at radius 3 is 2.39 bits per heavy atom. The molecule has 5 fully saturated rings. The first-order valence-electron chi connectivity index (χ1n) is 13.3. The second-order valence-electron chi connectivity index (χ2n) is 11.7. The van der Waals surface area contributed by atoms with Crippen molar-refractivity contribution in [1.82, 2.24) is 15.0 Å². The quantitative estimate of drug-likeness (QED) is 0.663. The van der Waals surface area contributed by atoms with Gasteiger partial charge in [-0.15, -0.1) is 0 Å². The summed E-state index contributed by atoms with van der Waals surface area (Å²) in [5.74, 6) is 3.53. The topological polar surface area (TPSA) is 87.9 Å². The molecule has 2 heterocycles. The van der Waals surface area contributed by atoms with E-state index < -0.39 is 0 Å². The minimum absolute atomic E-state index is 0.106. The van der Waals surface area contributed by atoms with Crippen LogP contribution in [0.15, 0.2) is 34.9 Å². The number of nitrogens with zero attached hydrogens (tertiary/aromatic N) is 3. The Kier molecular flexibility index (Phi) is 5.82. The number of benzene rings is 1. The minimum atomic E-state index is -0.228. The third kappa shape index (κ3) is 4.19. The maximum Gasteiger partial charge on any atom is 0.239 e. The summed E-state index contributed by atoms with van der Waals surface area (Å²) in [6, 6.07) is 10.3. The smallest absolute Gasteiger partial charge is 0.239 e. The Morgan fingerprint density at radius 1 is 1.08 bits per heavy atom. The zero-order valence-electron chi connectivity index (χ0n) is 21.3. The van der Waals surface area contributed by atoms with Gasteiger partial charge in [-0.3, -0.25) is 14.5 Å². The van der Waals surface area contributed by atoms with Gasteiger partial charge in [-0.1, -0.05) is 17.3 Å². The molecule has 4 bridgehead atoms. The standard InChI is InChI=1S/C28H36N4O4/c1-19-11-24(30-36-19)29-25(33)17-31-7-9-32(10-8-31)26(34)28-15-20-12-21(16-28)14-27(13-20,18-28)22-3-5-23(35-2)6-4-22/h3-6,11,20-21H,7-10,12-18H2,1-2H3,(H,29,30,33). The van der Waals surface area contributed by atoms with E-state index in [1.807, 2.05) is 0 Å². The number of aromatic nitrogens is 1. The van der Waals surface area contributed by atoms with Crippen molar-refractivity contribution in [3.63, 3.8) is 0 Å². The molecule has 36 heavy (non-hydrogen) atoms. The molecule has 2 atom stereocenters. The molecule has 0 spiro atoms. The van der Waals surface area contributed by atoms with Gasteiger partial charge in [0.15, 0.2) is 5.82 Å². The predicted octanol–water partition coefficient (Wildman–Crippen LogP) is 3.61. The molecular weight excluding hydrogens is 456 g/mol. The van der Waals surface area contributed by atoms with Crippen molar-refractivity contribution in [2.24, 2.45) is 17.3 Å². The number of methoxy groups -OCH3 is 1. The fourth-order valence-electron chi connectivity index (χ4n) is 8.05. The van der Waals surface area contributed by atoms with Crippen molar-refractivity contribution in [2.75, 3.05) is 45.2 Å². The molecule has 1 saturated heterocycles. The minimum Gasteiger partial charge on any atom is -0.497 e. The van der Waals surface area contributed by atoms with Crippen LogP contribution in [0.3, 0.4) is 0 Å². The highest BCUT2D eigenvalue weighted by Gasteiger charge is 2.61. The van der Waals surface area contributed by atoms with Crippen molar-refractivity contribution in [3.05, 3.63) is 41.7 Å². The third-order valence-electron chi connectivity index (χ3n) is 9.14. The maximum atomic E-state index is 14.1. The van der Waals surface area contributed by atoms with Crippen LogP contribution >= 0.6 is 0 Å². The lowest BCUT2D eigenvalue weighted by molar-refractivity contribution is -0.162. The van der Waals surface area contributed by atoms with E-state index in [1.54, 1.807) is 20.1 Å². The summed E-state index contributed by atoms with van der Waals surface area (Å²) < 4.78 is 10.4.